The van der Waals surface area contributed by atoms with Crippen LogP contribution in [0, 0.1) is 23.2 Å². The van der Waals surface area contributed by atoms with Crippen molar-refractivity contribution in [3.05, 3.63) is 12.2 Å². The highest BCUT2D eigenvalue weighted by Crippen LogP contribution is 2.62. The van der Waals surface area contributed by atoms with Crippen LogP contribution in [0.3, 0.4) is 0 Å². The first-order chi connectivity index (χ1) is 16.9. The van der Waals surface area contributed by atoms with Gasteiger partial charge in [0.05, 0.1) is 0 Å². The quantitative estimate of drug-likeness (QED) is 0.142. The number of allylic oxidation sites excluding steroid dienone is 1. The Kier molecular flexibility index (Phi) is 11.7. The van der Waals surface area contributed by atoms with Crippen LogP contribution in [0.4, 0.5) is 0 Å². The molecule has 3 N–H and O–H groups in total. The van der Waals surface area contributed by atoms with E-state index in [-0.39, 0.29) is 11.3 Å². The lowest BCUT2D eigenvalue weighted by molar-refractivity contribution is -0.150. The Labute approximate surface area is 220 Å². The molecule has 0 aromatic rings. The molecule has 3 saturated carbocycles. The summed E-state index contributed by atoms with van der Waals surface area (Å²) in [5, 5.41) is 32.7. The molecule has 5 atom stereocenters. The molecule has 3 rings (SSSR count). The Morgan fingerprint density at radius 3 is 2.00 bits per heavy atom. The van der Waals surface area contributed by atoms with Gasteiger partial charge in [-0.15, -0.1) is 0 Å². The molecule has 0 unspecified atom stereocenters. The number of aliphatic carboxylic acids is 1. The third kappa shape index (κ3) is 7.01. The molecule has 5 heteroatoms. The molecule has 0 aromatic carbocycles. The van der Waals surface area contributed by atoms with Crippen molar-refractivity contribution >= 4 is 11.7 Å². The van der Waals surface area contributed by atoms with E-state index in [0.717, 1.165) is 25.7 Å². The lowest BCUT2D eigenvalue weighted by atomic mass is 9.44. The standard InChI is InChI=1S/C31H55NO4/c1-7-8-9-10-11-12-13-14-15-16-17-18-19-20-27(33)31(23(2)3,28(34)35)32-26-22-24-21-25(29(24,4)5)30(26,6)36/h19-20,23-25,27,33,36H,7-18,21-22H2,1-6H3,(H,34,35)/t24-,25-,27+,30-,31-/m0/s1. The number of hydrogen-bond acceptors (Lipinski definition) is 4. The smallest absolute Gasteiger partial charge is 0.334 e. The molecular formula is C31H55NO4. The second-order valence-corrected chi connectivity index (χ2v) is 12.7. The summed E-state index contributed by atoms with van der Waals surface area (Å²) in [6.45, 7) is 12.0. The molecule has 0 radical (unpaired) electrons. The Morgan fingerprint density at radius 1 is 1.03 bits per heavy atom. The van der Waals surface area contributed by atoms with Gasteiger partial charge in [-0.1, -0.05) is 111 Å². The zero-order valence-electron chi connectivity index (χ0n) is 24.1. The normalized spacial score (nSPS) is 28.9. The molecule has 5 nitrogen and oxygen atoms in total. The highest BCUT2D eigenvalue weighted by atomic mass is 16.4. The number of unbranched alkanes of at least 4 members (excludes halogenated alkanes) is 11. The molecule has 0 amide bonds. The lowest BCUT2D eigenvalue weighted by Crippen LogP contribution is -2.66. The van der Waals surface area contributed by atoms with Crippen LogP contribution in [0.1, 0.15) is 131 Å². The average Bonchev–Trinajstić information content (AvgIpc) is 2.79. The van der Waals surface area contributed by atoms with E-state index in [1.807, 2.05) is 6.08 Å². The van der Waals surface area contributed by atoms with E-state index >= 15 is 0 Å². The van der Waals surface area contributed by atoms with Crippen molar-refractivity contribution < 1.29 is 20.1 Å². The summed E-state index contributed by atoms with van der Waals surface area (Å²) in [4.78, 5) is 17.3. The van der Waals surface area contributed by atoms with E-state index in [1.165, 1.54) is 57.8 Å². The van der Waals surface area contributed by atoms with Gasteiger partial charge in [0.2, 0.25) is 0 Å². The van der Waals surface area contributed by atoms with Crippen LogP contribution in [-0.4, -0.2) is 44.2 Å². The first-order valence-corrected chi connectivity index (χ1v) is 14.8. The van der Waals surface area contributed by atoms with Gasteiger partial charge in [-0.2, -0.15) is 0 Å². The van der Waals surface area contributed by atoms with Crippen molar-refractivity contribution in [2.24, 2.45) is 28.2 Å². The number of fused-ring (bicyclic) bond motifs is 2. The van der Waals surface area contributed by atoms with Crippen LogP contribution in [-0.2, 0) is 4.79 Å². The van der Waals surface area contributed by atoms with E-state index in [0.29, 0.717) is 18.1 Å². The summed E-state index contributed by atoms with van der Waals surface area (Å²) in [5.74, 6) is -1.10. The van der Waals surface area contributed by atoms with Crippen LogP contribution in [0.2, 0.25) is 0 Å². The number of nitrogens with zero attached hydrogens (tertiary/aromatic N) is 1. The van der Waals surface area contributed by atoms with Crippen molar-refractivity contribution in [3.63, 3.8) is 0 Å². The Hall–Kier alpha value is -1.20. The topological polar surface area (TPSA) is 90.1 Å². The van der Waals surface area contributed by atoms with Crippen molar-refractivity contribution in [2.75, 3.05) is 0 Å². The molecule has 0 spiro atoms. The molecule has 0 heterocycles. The molecule has 3 aliphatic rings. The maximum Gasteiger partial charge on any atom is 0.334 e. The zero-order valence-corrected chi connectivity index (χ0v) is 24.1. The van der Waals surface area contributed by atoms with Gasteiger partial charge in [0.25, 0.3) is 0 Å². The van der Waals surface area contributed by atoms with Crippen LogP contribution < -0.4 is 0 Å². The van der Waals surface area contributed by atoms with Crippen LogP contribution >= 0.6 is 0 Å². The fraction of sp³-hybridized carbons (Fsp3) is 0.871. The largest absolute Gasteiger partial charge is 0.479 e. The fourth-order valence-electron chi connectivity index (χ4n) is 6.60. The predicted octanol–water partition coefficient (Wildman–Crippen LogP) is 7.34. The second-order valence-electron chi connectivity index (χ2n) is 12.7. The lowest BCUT2D eigenvalue weighted by Gasteiger charge is -2.63. The zero-order chi connectivity index (χ0) is 27.0. The number of carboxylic acid groups (broad SMARTS) is 1. The average molecular weight is 506 g/mol. The molecule has 2 bridgehead atoms. The van der Waals surface area contributed by atoms with Crippen molar-refractivity contribution in [2.45, 2.75) is 149 Å². The van der Waals surface area contributed by atoms with E-state index in [2.05, 4.69) is 20.8 Å². The summed E-state index contributed by atoms with van der Waals surface area (Å²) in [7, 11) is 0. The minimum atomic E-state index is -1.69. The van der Waals surface area contributed by atoms with E-state index in [4.69, 9.17) is 4.99 Å². The van der Waals surface area contributed by atoms with Gasteiger partial charge >= 0.3 is 5.97 Å². The second kappa shape index (κ2) is 13.6. The number of aliphatic hydroxyl groups excluding tert-OH is 1. The van der Waals surface area contributed by atoms with Crippen molar-refractivity contribution in [1.82, 2.24) is 0 Å². The molecule has 0 aliphatic heterocycles. The first kappa shape index (κ1) is 31.0. The van der Waals surface area contributed by atoms with Gasteiger partial charge in [-0.25, -0.2) is 4.79 Å². The molecular weight excluding hydrogens is 450 g/mol. The fourth-order valence-corrected chi connectivity index (χ4v) is 6.60. The van der Waals surface area contributed by atoms with Crippen molar-refractivity contribution in [1.29, 1.82) is 0 Å². The number of rotatable bonds is 17. The number of hydrogen-bond donors (Lipinski definition) is 3. The minimum absolute atomic E-state index is 0.0272. The maximum atomic E-state index is 12.6. The number of carboxylic acids is 1. The summed E-state index contributed by atoms with van der Waals surface area (Å²) in [6.07, 6.45) is 18.8. The van der Waals surface area contributed by atoms with Gasteiger partial charge in [-0.3, -0.25) is 4.99 Å². The monoisotopic (exact) mass is 505 g/mol. The molecule has 36 heavy (non-hydrogen) atoms. The van der Waals surface area contributed by atoms with Crippen LogP contribution in [0.5, 0.6) is 0 Å². The number of carbonyl (C=O) groups is 1. The van der Waals surface area contributed by atoms with E-state index in [9.17, 15) is 20.1 Å². The molecule has 0 aromatic heterocycles. The Morgan fingerprint density at radius 2 is 1.56 bits per heavy atom. The highest BCUT2D eigenvalue weighted by Gasteiger charge is 2.62. The molecule has 3 fully saturated rings. The van der Waals surface area contributed by atoms with Gasteiger partial charge < -0.3 is 15.3 Å². The molecule has 3 aliphatic carbocycles. The molecule has 0 saturated heterocycles. The SMILES string of the molecule is CCCCCCCCCCCCCC=C[C@@H](O)[C@](N=C1C[C@@H]2C[C@@H](C2(C)C)[C@]1(C)O)(C(=O)O)C(C)C. The Balaban J connectivity index is 1.89. The third-order valence-corrected chi connectivity index (χ3v) is 9.46. The summed E-state index contributed by atoms with van der Waals surface area (Å²) in [6, 6.07) is 0. The Bertz CT molecular complexity index is 754. The third-order valence-electron chi connectivity index (χ3n) is 9.46. The summed E-state index contributed by atoms with van der Waals surface area (Å²) in [5.41, 5.74) is -2.27. The number of aliphatic hydroxyl groups is 2. The first-order valence-electron chi connectivity index (χ1n) is 14.8. The maximum absolute atomic E-state index is 12.6. The van der Waals surface area contributed by atoms with Gasteiger partial charge in [0.15, 0.2) is 5.54 Å². The van der Waals surface area contributed by atoms with Crippen LogP contribution in [0.15, 0.2) is 17.1 Å². The van der Waals surface area contributed by atoms with Crippen LogP contribution in [0.25, 0.3) is 0 Å². The highest BCUT2D eigenvalue weighted by molar-refractivity contribution is 5.97. The summed E-state index contributed by atoms with van der Waals surface area (Å²) >= 11 is 0. The van der Waals surface area contributed by atoms with Gasteiger partial charge in [0.1, 0.15) is 11.7 Å². The van der Waals surface area contributed by atoms with Gasteiger partial charge in [-0.05, 0) is 55.8 Å². The van der Waals surface area contributed by atoms with E-state index < -0.39 is 29.1 Å². The predicted molar refractivity (Wildman–Crippen MR) is 149 cm³/mol. The summed E-state index contributed by atoms with van der Waals surface area (Å²) < 4.78 is 0. The van der Waals surface area contributed by atoms with Gasteiger partial charge in [0, 0.05) is 5.71 Å². The van der Waals surface area contributed by atoms with Crippen molar-refractivity contribution in [3.8, 4) is 0 Å². The molecule has 208 valence electrons. The number of aliphatic imine (C=N–C) groups is 1. The van der Waals surface area contributed by atoms with E-state index in [1.54, 1.807) is 26.8 Å². The minimum Gasteiger partial charge on any atom is -0.479 e.